The lowest BCUT2D eigenvalue weighted by molar-refractivity contribution is 0.0526. The van der Waals surface area contributed by atoms with Crippen LogP contribution in [0.5, 0.6) is 0 Å². The molecule has 0 saturated carbocycles. The van der Waals surface area contributed by atoms with Crippen molar-refractivity contribution >= 4 is 5.91 Å². The highest BCUT2D eigenvalue weighted by Gasteiger charge is 2.42. The van der Waals surface area contributed by atoms with Crippen LogP contribution in [0.4, 0.5) is 0 Å². The van der Waals surface area contributed by atoms with E-state index < -0.39 is 0 Å². The van der Waals surface area contributed by atoms with E-state index in [1.54, 1.807) is 12.4 Å². The number of nitrogens with zero attached hydrogens (tertiary/aromatic N) is 5. The fraction of sp³-hybridized carbons (Fsp3) is 0.526. The molecule has 0 radical (unpaired) electrons. The van der Waals surface area contributed by atoms with E-state index in [0.717, 1.165) is 39.1 Å². The Morgan fingerprint density at radius 3 is 2.92 bits per heavy atom. The molecule has 0 bridgehead atoms. The molecule has 0 N–H and O–H groups in total. The molecule has 0 aliphatic carbocycles. The van der Waals surface area contributed by atoms with Crippen molar-refractivity contribution < 1.29 is 4.79 Å². The molecule has 1 atom stereocenters. The molecule has 0 aromatic carbocycles. The molecule has 2 aromatic rings. The summed E-state index contributed by atoms with van der Waals surface area (Å²) in [4.78, 5) is 21.4. The third kappa shape index (κ3) is 3.44. The van der Waals surface area contributed by atoms with Crippen LogP contribution in [0.2, 0.25) is 0 Å². The van der Waals surface area contributed by atoms with Crippen LogP contribution in [0, 0.1) is 5.41 Å². The summed E-state index contributed by atoms with van der Waals surface area (Å²) >= 11 is 0. The second-order valence-electron chi connectivity index (χ2n) is 7.55. The maximum atomic E-state index is 12.8. The largest absolute Gasteiger partial charge is 0.338 e. The van der Waals surface area contributed by atoms with Crippen molar-refractivity contribution in [2.75, 3.05) is 26.2 Å². The second-order valence-corrected chi connectivity index (χ2v) is 7.55. The highest BCUT2D eigenvalue weighted by Crippen LogP contribution is 2.39. The van der Waals surface area contributed by atoms with Gasteiger partial charge in [0.25, 0.3) is 5.91 Å². The van der Waals surface area contributed by atoms with E-state index in [9.17, 15) is 4.79 Å². The topological polar surface area (TPSA) is 54.3 Å². The Labute approximate surface area is 148 Å². The molecule has 1 amide bonds. The summed E-state index contributed by atoms with van der Waals surface area (Å²) in [5, 5.41) is 4.26. The van der Waals surface area contributed by atoms with Crippen LogP contribution < -0.4 is 0 Å². The summed E-state index contributed by atoms with van der Waals surface area (Å²) in [7, 11) is 1.96. The van der Waals surface area contributed by atoms with Crippen molar-refractivity contribution in [2.24, 2.45) is 12.5 Å². The molecular formula is C19H25N5O. The van der Waals surface area contributed by atoms with E-state index in [0.29, 0.717) is 5.56 Å². The van der Waals surface area contributed by atoms with Crippen LogP contribution in [0.15, 0.2) is 36.9 Å². The summed E-state index contributed by atoms with van der Waals surface area (Å²) < 4.78 is 1.86. The van der Waals surface area contributed by atoms with Gasteiger partial charge in [0.2, 0.25) is 0 Å². The summed E-state index contributed by atoms with van der Waals surface area (Å²) in [6.07, 6.45) is 10.9. The first-order chi connectivity index (χ1) is 12.1. The fourth-order valence-corrected chi connectivity index (χ4v) is 4.36. The van der Waals surface area contributed by atoms with Gasteiger partial charge in [-0.2, -0.15) is 5.10 Å². The Balaban J connectivity index is 1.41. The van der Waals surface area contributed by atoms with Gasteiger partial charge in [0, 0.05) is 62.8 Å². The Kier molecular flexibility index (Phi) is 4.29. The molecule has 4 heterocycles. The summed E-state index contributed by atoms with van der Waals surface area (Å²) in [5.41, 5.74) is 2.21. The standard InChI is InChI=1S/C19H25N5O/c1-22-12-16(10-21-22)13-23-9-6-19(14-23)5-3-8-24(15-19)18(25)17-4-2-7-20-11-17/h2,4,7,10-12H,3,5-6,8-9,13-15H2,1H3/t19-/m0/s1. The van der Waals surface area contributed by atoms with Crippen molar-refractivity contribution in [1.29, 1.82) is 0 Å². The van der Waals surface area contributed by atoms with Gasteiger partial charge in [-0.3, -0.25) is 19.4 Å². The molecule has 132 valence electrons. The number of carbonyl (C=O) groups excluding carboxylic acids is 1. The van der Waals surface area contributed by atoms with Gasteiger partial charge in [-0.1, -0.05) is 0 Å². The van der Waals surface area contributed by atoms with Gasteiger partial charge in [0.05, 0.1) is 11.8 Å². The van der Waals surface area contributed by atoms with Crippen LogP contribution in [-0.4, -0.2) is 56.7 Å². The van der Waals surface area contributed by atoms with Crippen molar-refractivity contribution in [1.82, 2.24) is 24.6 Å². The predicted octanol–water partition coefficient (Wildman–Crippen LogP) is 1.94. The smallest absolute Gasteiger partial charge is 0.255 e. The predicted molar refractivity (Wildman–Crippen MR) is 94.9 cm³/mol. The SMILES string of the molecule is Cn1cc(CN2CC[C@@]3(CCCN(C(=O)c4cccnc4)C3)C2)cn1. The maximum Gasteiger partial charge on any atom is 0.255 e. The van der Waals surface area contributed by atoms with Crippen LogP contribution in [-0.2, 0) is 13.6 Å². The van der Waals surface area contributed by atoms with Gasteiger partial charge in [-0.05, 0) is 37.9 Å². The van der Waals surface area contributed by atoms with Crippen LogP contribution in [0.25, 0.3) is 0 Å². The molecule has 2 aliphatic rings. The molecule has 2 aliphatic heterocycles. The first-order valence-corrected chi connectivity index (χ1v) is 9.03. The number of hydrogen-bond acceptors (Lipinski definition) is 4. The number of rotatable bonds is 3. The molecule has 1 spiro atoms. The quantitative estimate of drug-likeness (QED) is 0.858. The average molecular weight is 339 g/mol. The molecule has 25 heavy (non-hydrogen) atoms. The first-order valence-electron chi connectivity index (χ1n) is 9.03. The first kappa shape index (κ1) is 16.3. The van der Waals surface area contributed by atoms with Crippen molar-refractivity contribution in [3.05, 3.63) is 48.0 Å². The van der Waals surface area contributed by atoms with E-state index in [1.165, 1.54) is 18.4 Å². The van der Waals surface area contributed by atoms with Crippen molar-refractivity contribution in [3.63, 3.8) is 0 Å². The average Bonchev–Trinajstić information content (AvgIpc) is 3.21. The number of aromatic nitrogens is 3. The molecule has 2 saturated heterocycles. The molecule has 4 rings (SSSR count). The third-order valence-electron chi connectivity index (χ3n) is 5.54. The number of hydrogen-bond donors (Lipinski definition) is 0. The van der Waals surface area contributed by atoms with Crippen LogP contribution in [0.1, 0.15) is 35.2 Å². The number of pyridine rings is 1. The molecular weight excluding hydrogens is 314 g/mol. The van der Waals surface area contributed by atoms with Gasteiger partial charge in [0.1, 0.15) is 0 Å². The molecule has 6 nitrogen and oxygen atoms in total. The fourth-order valence-electron chi connectivity index (χ4n) is 4.36. The highest BCUT2D eigenvalue weighted by atomic mass is 16.2. The maximum absolute atomic E-state index is 12.8. The Morgan fingerprint density at radius 2 is 2.16 bits per heavy atom. The van der Waals surface area contributed by atoms with Gasteiger partial charge >= 0.3 is 0 Å². The van der Waals surface area contributed by atoms with Gasteiger partial charge in [0.15, 0.2) is 0 Å². The highest BCUT2D eigenvalue weighted by molar-refractivity contribution is 5.94. The van der Waals surface area contributed by atoms with Crippen LogP contribution >= 0.6 is 0 Å². The molecule has 2 fully saturated rings. The minimum absolute atomic E-state index is 0.123. The second kappa shape index (κ2) is 6.59. The van der Waals surface area contributed by atoms with Crippen molar-refractivity contribution in [2.45, 2.75) is 25.8 Å². The number of aryl methyl sites for hydroxylation is 1. The Hall–Kier alpha value is -2.21. The van der Waals surface area contributed by atoms with E-state index in [2.05, 4.69) is 21.2 Å². The number of piperidine rings is 1. The Morgan fingerprint density at radius 1 is 1.24 bits per heavy atom. The monoisotopic (exact) mass is 339 g/mol. The molecule has 0 unspecified atom stereocenters. The van der Waals surface area contributed by atoms with Gasteiger partial charge in [-0.25, -0.2) is 0 Å². The zero-order valence-electron chi connectivity index (χ0n) is 14.8. The number of likely N-dealkylation sites (tertiary alicyclic amines) is 2. The summed E-state index contributed by atoms with van der Waals surface area (Å²) in [6.45, 7) is 4.84. The van der Waals surface area contributed by atoms with E-state index in [4.69, 9.17) is 0 Å². The number of amides is 1. The lowest BCUT2D eigenvalue weighted by Gasteiger charge is -2.40. The lowest BCUT2D eigenvalue weighted by Crippen LogP contribution is -2.47. The summed E-state index contributed by atoms with van der Waals surface area (Å²) in [6, 6.07) is 3.69. The minimum atomic E-state index is 0.123. The number of carbonyl (C=O) groups is 1. The van der Waals surface area contributed by atoms with Gasteiger partial charge in [-0.15, -0.1) is 0 Å². The lowest BCUT2D eigenvalue weighted by atomic mass is 9.79. The van der Waals surface area contributed by atoms with Gasteiger partial charge < -0.3 is 4.90 Å². The minimum Gasteiger partial charge on any atom is -0.338 e. The van der Waals surface area contributed by atoms with E-state index in [1.807, 2.05) is 35.0 Å². The zero-order chi connectivity index (χ0) is 17.3. The Bertz CT molecular complexity index is 743. The molecule has 2 aromatic heterocycles. The van der Waals surface area contributed by atoms with Crippen LogP contribution in [0.3, 0.4) is 0 Å². The summed E-state index contributed by atoms with van der Waals surface area (Å²) in [5.74, 6) is 0.123. The van der Waals surface area contributed by atoms with E-state index in [-0.39, 0.29) is 11.3 Å². The van der Waals surface area contributed by atoms with E-state index >= 15 is 0 Å². The molecule has 6 heteroatoms. The van der Waals surface area contributed by atoms with Crippen molar-refractivity contribution in [3.8, 4) is 0 Å². The zero-order valence-corrected chi connectivity index (χ0v) is 14.8. The normalized spacial score (nSPS) is 24.1. The third-order valence-corrected chi connectivity index (χ3v) is 5.54.